The van der Waals surface area contributed by atoms with Gasteiger partial charge in [-0.3, -0.25) is 0 Å². The van der Waals surface area contributed by atoms with Crippen molar-refractivity contribution < 1.29 is 0 Å². The van der Waals surface area contributed by atoms with Gasteiger partial charge in [0, 0.05) is 10.3 Å². The van der Waals surface area contributed by atoms with Crippen molar-refractivity contribution in [2.24, 2.45) is 0 Å². The molecule has 1 heterocycles. The molecule has 3 aromatic rings. The lowest BCUT2D eigenvalue weighted by Gasteiger charge is -2.08. The molecule has 19 heavy (non-hydrogen) atoms. The van der Waals surface area contributed by atoms with Gasteiger partial charge in [-0.15, -0.1) is 11.3 Å². The Balaban J connectivity index is 1.85. The molecule has 2 aromatic carbocycles. The Kier molecular flexibility index (Phi) is 3.78. The minimum Gasteiger partial charge on any atom is -0.230 e. The van der Waals surface area contributed by atoms with Crippen LogP contribution in [-0.4, -0.2) is 4.98 Å². The van der Waals surface area contributed by atoms with E-state index in [1.807, 2.05) is 24.3 Å². The maximum atomic E-state index is 5.99. The number of thiazole rings is 1. The van der Waals surface area contributed by atoms with E-state index in [0.29, 0.717) is 5.25 Å². The summed E-state index contributed by atoms with van der Waals surface area (Å²) >= 11 is 9.50. The van der Waals surface area contributed by atoms with Gasteiger partial charge in [0.1, 0.15) is 0 Å². The van der Waals surface area contributed by atoms with Crippen LogP contribution in [0, 0.1) is 0 Å². The Bertz CT molecular complexity index is 694. The van der Waals surface area contributed by atoms with Gasteiger partial charge in [0.05, 0.1) is 10.2 Å². The molecule has 0 N–H and O–H groups in total. The molecule has 0 bridgehead atoms. The zero-order valence-electron chi connectivity index (χ0n) is 10.3. The summed E-state index contributed by atoms with van der Waals surface area (Å²) < 4.78 is 2.28. The number of aromatic nitrogens is 1. The van der Waals surface area contributed by atoms with Gasteiger partial charge in [0.15, 0.2) is 4.34 Å². The molecule has 1 nitrogen and oxygen atoms in total. The summed E-state index contributed by atoms with van der Waals surface area (Å²) in [5, 5.41) is 1.14. The quantitative estimate of drug-likeness (QED) is 0.567. The molecule has 0 amide bonds. The molecule has 0 saturated heterocycles. The van der Waals surface area contributed by atoms with Gasteiger partial charge in [0.25, 0.3) is 0 Å². The van der Waals surface area contributed by atoms with Crippen LogP contribution in [0.4, 0.5) is 0 Å². The molecule has 0 saturated carbocycles. The van der Waals surface area contributed by atoms with Crippen LogP contribution in [-0.2, 0) is 0 Å². The second-order valence-corrected chi connectivity index (χ2v) is 7.32. The second kappa shape index (κ2) is 5.53. The fourth-order valence-electron chi connectivity index (χ4n) is 1.87. The van der Waals surface area contributed by atoms with Gasteiger partial charge >= 0.3 is 0 Å². The SMILES string of the molecule is CC(Sc1nc2cc(Cl)ccc2s1)c1ccccc1. The van der Waals surface area contributed by atoms with Gasteiger partial charge in [0.2, 0.25) is 0 Å². The smallest absolute Gasteiger partial charge is 0.151 e. The average Bonchev–Trinajstić information content (AvgIpc) is 2.81. The van der Waals surface area contributed by atoms with Crippen molar-refractivity contribution in [2.75, 3.05) is 0 Å². The van der Waals surface area contributed by atoms with Crippen molar-refractivity contribution in [1.29, 1.82) is 0 Å². The van der Waals surface area contributed by atoms with E-state index in [4.69, 9.17) is 11.6 Å². The van der Waals surface area contributed by atoms with Crippen molar-refractivity contribution in [2.45, 2.75) is 16.5 Å². The molecule has 1 aromatic heterocycles. The van der Waals surface area contributed by atoms with Crippen molar-refractivity contribution >= 4 is 44.9 Å². The standard InChI is InChI=1S/C15H12ClNS2/c1-10(11-5-3-2-4-6-11)18-15-17-13-9-12(16)7-8-14(13)19-15/h2-10H,1H3. The molecule has 0 spiro atoms. The van der Waals surface area contributed by atoms with Gasteiger partial charge in [-0.25, -0.2) is 4.98 Å². The van der Waals surface area contributed by atoms with Crippen LogP contribution in [0.3, 0.4) is 0 Å². The van der Waals surface area contributed by atoms with E-state index in [1.165, 1.54) is 10.3 Å². The largest absolute Gasteiger partial charge is 0.230 e. The van der Waals surface area contributed by atoms with E-state index < -0.39 is 0 Å². The zero-order valence-corrected chi connectivity index (χ0v) is 12.7. The molecule has 1 unspecified atom stereocenters. The molecule has 3 rings (SSSR count). The molecular formula is C15H12ClNS2. The highest BCUT2D eigenvalue weighted by molar-refractivity contribution is 8.01. The molecule has 0 aliphatic carbocycles. The van der Waals surface area contributed by atoms with E-state index in [1.54, 1.807) is 23.1 Å². The third kappa shape index (κ3) is 2.94. The highest BCUT2D eigenvalue weighted by atomic mass is 35.5. The van der Waals surface area contributed by atoms with Crippen molar-refractivity contribution in [3.8, 4) is 0 Å². The maximum Gasteiger partial charge on any atom is 0.151 e. The Hall–Kier alpha value is -1.03. The summed E-state index contributed by atoms with van der Waals surface area (Å²) in [6, 6.07) is 16.4. The summed E-state index contributed by atoms with van der Waals surface area (Å²) in [6.07, 6.45) is 0. The van der Waals surface area contributed by atoms with Crippen molar-refractivity contribution in [3.05, 3.63) is 59.1 Å². The monoisotopic (exact) mass is 305 g/mol. The highest BCUT2D eigenvalue weighted by Gasteiger charge is 2.11. The lowest BCUT2D eigenvalue weighted by molar-refractivity contribution is 1.09. The normalized spacial score (nSPS) is 12.7. The summed E-state index contributed by atoms with van der Waals surface area (Å²) in [7, 11) is 0. The molecule has 0 radical (unpaired) electrons. The van der Waals surface area contributed by atoms with E-state index in [-0.39, 0.29) is 0 Å². The van der Waals surface area contributed by atoms with Gasteiger partial charge in [-0.2, -0.15) is 0 Å². The number of thioether (sulfide) groups is 1. The summed E-state index contributed by atoms with van der Waals surface area (Å²) in [6.45, 7) is 2.21. The van der Waals surface area contributed by atoms with Crippen molar-refractivity contribution in [1.82, 2.24) is 4.98 Å². The fourth-order valence-corrected chi connectivity index (χ4v) is 4.36. The first-order valence-corrected chi connectivity index (χ1v) is 8.07. The number of hydrogen-bond acceptors (Lipinski definition) is 3. The van der Waals surface area contributed by atoms with Gasteiger partial charge < -0.3 is 0 Å². The van der Waals surface area contributed by atoms with Crippen LogP contribution < -0.4 is 0 Å². The molecule has 96 valence electrons. The third-order valence-corrected chi connectivity index (χ3v) is 5.40. The highest BCUT2D eigenvalue weighted by Crippen LogP contribution is 2.39. The summed E-state index contributed by atoms with van der Waals surface area (Å²) in [4.78, 5) is 4.64. The molecule has 0 aliphatic rings. The predicted octanol–water partition coefficient (Wildman–Crippen LogP) is 5.80. The Morgan fingerprint density at radius 2 is 1.95 bits per heavy atom. The van der Waals surface area contributed by atoms with Gasteiger partial charge in [-0.1, -0.05) is 53.7 Å². The minimum absolute atomic E-state index is 0.400. The number of benzene rings is 2. The summed E-state index contributed by atoms with van der Waals surface area (Å²) in [5.74, 6) is 0. The zero-order chi connectivity index (χ0) is 13.2. The van der Waals surface area contributed by atoms with Crippen LogP contribution in [0.1, 0.15) is 17.7 Å². The topological polar surface area (TPSA) is 12.9 Å². The number of fused-ring (bicyclic) bond motifs is 1. The first-order chi connectivity index (χ1) is 9.22. The minimum atomic E-state index is 0.400. The van der Waals surface area contributed by atoms with Crippen LogP contribution in [0.2, 0.25) is 5.02 Å². The van der Waals surface area contributed by atoms with E-state index in [9.17, 15) is 0 Å². The molecule has 4 heteroatoms. The lowest BCUT2D eigenvalue weighted by Crippen LogP contribution is -1.86. The lowest BCUT2D eigenvalue weighted by atomic mass is 10.2. The maximum absolute atomic E-state index is 5.99. The van der Waals surface area contributed by atoms with E-state index in [0.717, 1.165) is 14.9 Å². The Morgan fingerprint density at radius 1 is 1.16 bits per heavy atom. The molecule has 0 fully saturated rings. The molecular weight excluding hydrogens is 294 g/mol. The second-order valence-electron chi connectivity index (χ2n) is 4.26. The van der Waals surface area contributed by atoms with Crippen molar-refractivity contribution in [3.63, 3.8) is 0 Å². The Labute approximate surface area is 125 Å². The average molecular weight is 306 g/mol. The molecule has 1 atom stereocenters. The van der Waals surface area contributed by atoms with Crippen LogP contribution in [0.15, 0.2) is 52.9 Å². The number of rotatable bonds is 3. The number of nitrogens with zero attached hydrogens (tertiary/aromatic N) is 1. The van der Waals surface area contributed by atoms with Crippen LogP contribution in [0.5, 0.6) is 0 Å². The van der Waals surface area contributed by atoms with E-state index in [2.05, 4.69) is 36.2 Å². The van der Waals surface area contributed by atoms with Crippen LogP contribution in [0.25, 0.3) is 10.2 Å². The van der Waals surface area contributed by atoms with Gasteiger partial charge in [-0.05, 0) is 30.7 Å². The number of halogens is 1. The Morgan fingerprint density at radius 3 is 2.74 bits per heavy atom. The van der Waals surface area contributed by atoms with Crippen LogP contribution >= 0.6 is 34.7 Å². The van der Waals surface area contributed by atoms with E-state index >= 15 is 0 Å². The fraction of sp³-hybridized carbons (Fsp3) is 0.133. The third-order valence-electron chi connectivity index (χ3n) is 2.88. The predicted molar refractivity (Wildman–Crippen MR) is 85.3 cm³/mol. The molecule has 0 aliphatic heterocycles. The number of hydrogen-bond donors (Lipinski definition) is 0. The first-order valence-electron chi connectivity index (χ1n) is 6.00. The summed E-state index contributed by atoms with van der Waals surface area (Å²) in [5.41, 5.74) is 2.31. The first kappa shape index (κ1) is 13.0.